The van der Waals surface area contributed by atoms with Crippen LogP contribution in [0, 0.1) is 0 Å². The molecule has 0 saturated heterocycles. The van der Waals surface area contributed by atoms with Crippen molar-refractivity contribution in [3.05, 3.63) is 61.9 Å². The molecule has 0 atom stereocenters. The molecule has 2 heterocycles. The zero-order valence-electron chi connectivity index (χ0n) is 14.4. The van der Waals surface area contributed by atoms with Gasteiger partial charge in [-0.2, -0.15) is 10.2 Å². The van der Waals surface area contributed by atoms with Gasteiger partial charge in [-0.3, -0.25) is 5.43 Å². The lowest BCUT2D eigenvalue weighted by Gasteiger charge is -2.03. The van der Waals surface area contributed by atoms with Crippen LogP contribution in [-0.2, 0) is 11.3 Å². The summed E-state index contributed by atoms with van der Waals surface area (Å²) in [5.41, 5.74) is 9.05. The normalized spacial score (nSPS) is 12.8. The van der Waals surface area contributed by atoms with Crippen LogP contribution in [0.15, 0.2) is 72.0 Å². The molecule has 2 rings (SSSR count). The number of hydrogen-bond donors (Lipinski definition) is 2. The number of nitrogens with one attached hydrogen (secondary N) is 1. The highest BCUT2D eigenvalue weighted by atomic mass is 16.5. The summed E-state index contributed by atoms with van der Waals surface area (Å²) in [5, 5.41) is 9.04. The van der Waals surface area contributed by atoms with Crippen molar-refractivity contribution >= 4 is 28.9 Å². The highest BCUT2D eigenvalue weighted by Gasteiger charge is 2.08. The minimum absolute atomic E-state index is 0.221. The molecule has 0 aliphatic rings. The Morgan fingerprint density at radius 1 is 1.42 bits per heavy atom. The van der Waals surface area contributed by atoms with Gasteiger partial charge in [-0.1, -0.05) is 25.3 Å². The summed E-state index contributed by atoms with van der Waals surface area (Å²) in [6, 6.07) is 0. The molecule has 0 aliphatic heterocycles. The molecule has 0 spiro atoms. The Labute approximate surface area is 151 Å². The Morgan fingerprint density at radius 3 is 3.00 bits per heavy atom. The molecule has 0 radical (unpaired) electrons. The van der Waals surface area contributed by atoms with Crippen molar-refractivity contribution in [2.45, 2.75) is 6.54 Å². The monoisotopic (exact) mass is 352 g/mol. The fourth-order valence-corrected chi connectivity index (χ4v) is 1.97. The van der Waals surface area contributed by atoms with E-state index in [0.717, 1.165) is 5.39 Å². The fraction of sp³-hybridized carbons (Fsp3) is 0.118. The predicted molar refractivity (Wildman–Crippen MR) is 104 cm³/mol. The van der Waals surface area contributed by atoms with Crippen LogP contribution in [0.4, 0.5) is 5.82 Å². The molecule has 9 nitrogen and oxygen atoms in total. The predicted octanol–water partition coefficient (Wildman–Crippen LogP) is 2.00. The molecule has 0 amide bonds. The molecule has 3 N–H and O–H groups in total. The molecular weight excluding hydrogens is 332 g/mol. The maximum atomic E-state index is 5.59. The summed E-state index contributed by atoms with van der Waals surface area (Å²) in [7, 11) is 1.60. The third-order valence-electron chi connectivity index (χ3n) is 3.14. The first kappa shape index (κ1) is 18.6. The lowest BCUT2D eigenvalue weighted by atomic mass is 10.3. The number of aliphatic imine (C=N–C) groups is 1. The summed E-state index contributed by atoms with van der Waals surface area (Å²) in [6.07, 6.45) is 12.9. The number of amidine groups is 1. The van der Waals surface area contributed by atoms with E-state index in [9.17, 15) is 0 Å². The van der Waals surface area contributed by atoms with E-state index in [4.69, 9.17) is 10.5 Å². The van der Waals surface area contributed by atoms with Crippen LogP contribution >= 0.6 is 0 Å². The van der Waals surface area contributed by atoms with E-state index in [0.29, 0.717) is 23.8 Å². The number of ether oxygens (including phenoxy) is 1. The van der Waals surface area contributed by atoms with E-state index in [-0.39, 0.29) is 5.84 Å². The Bertz CT molecular complexity index is 891. The maximum Gasteiger partial charge on any atom is 0.163 e. The minimum atomic E-state index is 0.221. The topological polar surface area (TPSA) is 116 Å². The van der Waals surface area contributed by atoms with Crippen LogP contribution in [0.5, 0.6) is 0 Å². The van der Waals surface area contributed by atoms with E-state index in [1.807, 2.05) is 12.2 Å². The first-order valence-electron chi connectivity index (χ1n) is 7.62. The van der Waals surface area contributed by atoms with Gasteiger partial charge in [0.2, 0.25) is 0 Å². The van der Waals surface area contributed by atoms with Gasteiger partial charge in [0.1, 0.15) is 17.9 Å². The number of anilines is 1. The van der Waals surface area contributed by atoms with Crippen molar-refractivity contribution in [2.24, 2.45) is 15.8 Å². The molecule has 9 heteroatoms. The molecule has 2 aromatic heterocycles. The van der Waals surface area contributed by atoms with Crippen molar-refractivity contribution in [3.8, 4) is 0 Å². The lowest BCUT2D eigenvalue weighted by Crippen LogP contribution is -2.13. The highest BCUT2D eigenvalue weighted by molar-refractivity contribution is 6.28. The Morgan fingerprint density at radius 2 is 2.27 bits per heavy atom. The second kappa shape index (κ2) is 9.52. The Kier molecular flexibility index (Phi) is 6.81. The van der Waals surface area contributed by atoms with Gasteiger partial charge >= 0.3 is 0 Å². The zero-order valence-corrected chi connectivity index (χ0v) is 14.4. The van der Waals surface area contributed by atoms with Gasteiger partial charge in [0, 0.05) is 6.20 Å². The number of rotatable bonds is 9. The molecule has 0 unspecified atom stereocenters. The van der Waals surface area contributed by atoms with Crippen molar-refractivity contribution in [3.63, 3.8) is 0 Å². The molecular formula is C17H20N8O. The maximum absolute atomic E-state index is 5.59. The van der Waals surface area contributed by atoms with Crippen molar-refractivity contribution in [1.82, 2.24) is 19.7 Å². The van der Waals surface area contributed by atoms with Gasteiger partial charge in [-0.15, -0.1) is 0 Å². The van der Waals surface area contributed by atoms with Gasteiger partial charge < -0.3 is 10.5 Å². The average molecular weight is 352 g/mol. The number of hydrogen-bond acceptors (Lipinski definition) is 7. The van der Waals surface area contributed by atoms with Crippen LogP contribution in [0.25, 0.3) is 11.0 Å². The number of allylic oxidation sites excluding steroid dienone is 4. The van der Waals surface area contributed by atoms with Crippen LogP contribution in [-0.4, -0.2) is 38.9 Å². The number of hydrazone groups is 1. The number of methoxy groups -OCH3 is 1. The van der Waals surface area contributed by atoms with Crippen LogP contribution < -0.4 is 11.2 Å². The first-order chi connectivity index (χ1) is 12.7. The quantitative estimate of drug-likeness (QED) is 0.234. The number of aromatic nitrogens is 4. The second-order valence-corrected chi connectivity index (χ2v) is 4.80. The van der Waals surface area contributed by atoms with Gasteiger partial charge in [0.15, 0.2) is 11.5 Å². The molecule has 0 aromatic carbocycles. The summed E-state index contributed by atoms with van der Waals surface area (Å²) >= 11 is 0. The van der Waals surface area contributed by atoms with Crippen molar-refractivity contribution in [2.75, 3.05) is 12.5 Å². The van der Waals surface area contributed by atoms with E-state index in [2.05, 4.69) is 43.7 Å². The highest BCUT2D eigenvalue weighted by Crippen LogP contribution is 2.18. The minimum Gasteiger partial charge on any atom is -0.497 e. The molecule has 2 aromatic rings. The summed E-state index contributed by atoms with van der Waals surface area (Å²) in [6.45, 7) is 7.57. The van der Waals surface area contributed by atoms with E-state index >= 15 is 0 Å². The van der Waals surface area contributed by atoms with Gasteiger partial charge in [-0.05, 0) is 12.2 Å². The second-order valence-electron chi connectivity index (χ2n) is 4.80. The smallest absolute Gasteiger partial charge is 0.163 e. The Hall–Kier alpha value is -3.75. The third kappa shape index (κ3) is 4.87. The standard InChI is InChI=1S/C17H20N8O/c1-4-6-7-13(26-3)8-9-25-17-14(10-23-25)16(20-12-21-17)24-22-11-15(18)19-5-2/h4-8,10-12H,1-2,9H2,3H3,(H2,18,19)(H,20,21,24)/b7-6-,13-8+,22-11+. The molecule has 26 heavy (non-hydrogen) atoms. The number of nitrogens with two attached hydrogens (primary N) is 1. The molecule has 0 aliphatic carbocycles. The van der Waals surface area contributed by atoms with Crippen LogP contribution in [0.3, 0.4) is 0 Å². The van der Waals surface area contributed by atoms with Gasteiger partial charge in [0.05, 0.1) is 31.5 Å². The van der Waals surface area contributed by atoms with Crippen LogP contribution in [0.1, 0.15) is 0 Å². The number of nitrogens with zero attached hydrogens (tertiary/aromatic N) is 6. The van der Waals surface area contributed by atoms with Crippen molar-refractivity contribution < 1.29 is 4.74 Å². The molecule has 0 bridgehead atoms. The van der Waals surface area contributed by atoms with Gasteiger partial charge in [0.25, 0.3) is 0 Å². The summed E-state index contributed by atoms with van der Waals surface area (Å²) in [5.74, 6) is 1.42. The van der Waals surface area contributed by atoms with E-state index in [1.165, 1.54) is 18.7 Å². The SMILES string of the molecule is C=C/C=C\C(=C/Cn1ncc2c(N/N=C/C(N)=NC=C)ncnc21)OC. The third-order valence-corrected chi connectivity index (χ3v) is 3.14. The number of fused-ring (bicyclic) bond motifs is 1. The molecule has 0 saturated carbocycles. The fourth-order valence-electron chi connectivity index (χ4n) is 1.97. The largest absolute Gasteiger partial charge is 0.497 e. The lowest BCUT2D eigenvalue weighted by molar-refractivity contribution is 0.304. The summed E-state index contributed by atoms with van der Waals surface area (Å²) < 4.78 is 7.00. The molecule has 0 fully saturated rings. The van der Waals surface area contributed by atoms with E-state index < -0.39 is 0 Å². The van der Waals surface area contributed by atoms with Gasteiger partial charge in [-0.25, -0.2) is 19.6 Å². The van der Waals surface area contributed by atoms with Crippen LogP contribution in [0.2, 0.25) is 0 Å². The van der Waals surface area contributed by atoms with Crippen molar-refractivity contribution in [1.29, 1.82) is 0 Å². The average Bonchev–Trinajstić information content (AvgIpc) is 3.06. The summed E-state index contributed by atoms with van der Waals surface area (Å²) in [4.78, 5) is 12.2. The molecule has 134 valence electrons. The zero-order chi connectivity index (χ0) is 18.8. The Balaban J connectivity index is 2.21. The van der Waals surface area contributed by atoms with E-state index in [1.54, 1.807) is 30.1 Å². The first-order valence-corrected chi connectivity index (χ1v) is 7.62.